The number of nitrogens with zero attached hydrogens (tertiary/aromatic N) is 5. The molecular weight excluding hydrogens is 334 g/mol. The van der Waals surface area contributed by atoms with E-state index in [4.69, 9.17) is 16.0 Å². The molecule has 2 atom stereocenters. The Morgan fingerprint density at radius 3 is 2.83 bits per heavy atom. The number of aromatic nitrogens is 3. The highest BCUT2D eigenvalue weighted by atomic mass is 35.5. The molecule has 1 aliphatic heterocycles. The van der Waals surface area contributed by atoms with Gasteiger partial charge >= 0.3 is 0 Å². The number of aryl methyl sites for hydroxylation is 2. The number of aliphatic hydroxyl groups is 1. The fraction of sp³-hybridized carbons (Fsp3) is 0.533. The Labute approximate surface area is 144 Å². The van der Waals surface area contributed by atoms with Crippen molar-refractivity contribution in [3.63, 3.8) is 0 Å². The summed E-state index contributed by atoms with van der Waals surface area (Å²) in [5, 5.41) is 18.6. The summed E-state index contributed by atoms with van der Waals surface area (Å²) in [6, 6.07) is 1.44. The van der Waals surface area contributed by atoms with E-state index < -0.39 is 6.10 Å². The zero-order valence-corrected chi connectivity index (χ0v) is 14.6. The fourth-order valence-corrected chi connectivity index (χ4v) is 3.25. The van der Waals surface area contributed by atoms with Gasteiger partial charge in [-0.15, -0.1) is 10.2 Å². The molecule has 3 heterocycles. The van der Waals surface area contributed by atoms with Crippen LogP contribution in [-0.2, 0) is 13.6 Å². The summed E-state index contributed by atoms with van der Waals surface area (Å²) < 4.78 is 7.06. The largest absolute Gasteiger partial charge is 0.424 e. The third kappa shape index (κ3) is 3.31. The predicted octanol–water partition coefficient (Wildman–Crippen LogP) is 0.687. The fourth-order valence-electron chi connectivity index (χ4n) is 3.00. The van der Waals surface area contributed by atoms with Crippen LogP contribution in [0.15, 0.2) is 16.7 Å². The quantitative estimate of drug-likeness (QED) is 0.870. The van der Waals surface area contributed by atoms with Gasteiger partial charge in [0.05, 0.1) is 23.7 Å². The second-order valence-corrected chi connectivity index (χ2v) is 6.57. The topological polar surface area (TPSA) is 87.6 Å². The van der Waals surface area contributed by atoms with E-state index in [1.54, 1.807) is 35.7 Å². The number of carbonyl (C=O) groups is 1. The van der Waals surface area contributed by atoms with Crippen LogP contribution in [0, 0.1) is 6.92 Å². The Balaban J connectivity index is 1.67. The second-order valence-electron chi connectivity index (χ2n) is 6.13. The van der Waals surface area contributed by atoms with Gasteiger partial charge in [0.25, 0.3) is 5.91 Å². The molecule has 3 rings (SSSR count). The number of likely N-dealkylation sites (tertiary alicyclic amines) is 1. The van der Waals surface area contributed by atoms with Gasteiger partial charge in [-0.3, -0.25) is 9.69 Å². The first kappa shape index (κ1) is 16.9. The minimum atomic E-state index is -0.640. The molecule has 1 fully saturated rings. The lowest BCUT2D eigenvalue weighted by molar-refractivity contribution is 0.0753. The summed E-state index contributed by atoms with van der Waals surface area (Å²) in [6.07, 6.45) is 1.04. The number of carbonyl (C=O) groups excluding carboxylic acids is 1. The van der Waals surface area contributed by atoms with Gasteiger partial charge in [0, 0.05) is 33.3 Å². The molecule has 0 unspecified atom stereocenters. The first-order chi connectivity index (χ1) is 11.3. The van der Waals surface area contributed by atoms with Crippen LogP contribution in [-0.4, -0.2) is 67.9 Å². The Morgan fingerprint density at radius 1 is 1.50 bits per heavy atom. The van der Waals surface area contributed by atoms with Gasteiger partial charge in [-0.05, 0) is 13.1 Å². The highest BCUT2D eigenvalue weighted by Crippen LogP contribution is 2.21. The van der Waals surface area contributed by atoms with Crippen molar-refractivity contribution in [2.45, 2.75) is 25.6 Å². The Bertz CT molecular complexity index is 743. The van der Waals surface area contributed by atoms with Gasteiger partial charge in [-0.25, -0.2) is 0 Å². The van der Waals surface area contributed by atoms with Crippen LogP contribution in [0.1, 0.15) is 22.3 Å². The first-order valence-electron chi connectivity index (χ1n) is 7.63. The summed E-state index contributed by atoms with van der Waals surface area (Å²) in [5.41, 5.74) is 0.503. The minimum absolute atomic E-state index is 0.145. The molecule has 9 heteroatoms. The van der Waals surface area contributed by atoms with Crippen molar-refractivity contribution >= 4 is 17.5 Å². The van der Waals surface area contributed by atoms with Crippen LogP contribution < -0.4 is 0 Å². The van der Waals surface area contributed by atoms with Crippen LogP contribution in [0.25, 0.3) is 0 Å². The molecule has 0 aromatic carbocycles. The maximum absolute atomic E-state index is 12.6. The van der Waals surface area contributed by atoms with Crippen molar-refractivity contribution < 1.29 is 14.3 Å². The lowest BCUT2D eigenvalue weighted by Crippen LogP contribution is -2.40. The van der Waals surface area contributed by atoms with E-state index in [0.29, 0.717) is 35.6 Å². The van der Waals surface area contributed by atoms with Crippen LogP contribution >= 0.6 is 11.6 Å². The van der Waals surface area contributed by atoms with E-state index in [0.717, 1.165) is 0 Å². The maximum Gasteiger partial charge on any atom is 0.270 e. The van der Waals surface area contributed by atoms with E-state index in [9.17, 15) is 9.90 Å². The number of amides is 1. The smallest absolute Gasteiger partial charge is 0.270 e. The third-order valence-electron chi connectivity index (χ3n) is 4.26. The number of hydrogen-bond acceptors (Lipinski definition) is 6. The van der Waals surface area contributed by atoms with Gasteiger partial charge in [-0.1, -0.05) is 11.6 Å². The van der Waals surface area contributed by atoms with Crippen molar-refractivity contribution in [1.82, 2.24) is 24.6 Å². The molecule has 1 N–H and O–H groups in total. The predicted molar refractivity (Wildman–Crippen MR) is 86.6 cm³/mol. The van der Waals surface area contributed by atoms with E-state index in [2.05, 4.69) is 10.2 Å². The molecule has 0 aliphatic carbocycles. The molecule has 0 radical (unpaired) electrons. The lowest BCUT2D eigenvalue weighted by Gasteiger charge is -2.24. The van der Waals surface area contributed by atoms with Gasteiger partial charge in [-0.2, -0.15) is 0 Å². The zero-order chi connectivity index (χ0) is 17.4. The van der Waals surface area contributed by atoms with Crippen LogP contribution in [0.5, 0.6) is 0 Å². The molecule has 1 saturated heterocycles. The van der Waals surface area contributed by atoms with Crippen LogP contribution in [0.4, 0.5) is 0 Å². The van der Waals surface area contributed by atoms with Crippen LogP contribution in [0.3, 0.4) is 0 Å². The summed E-state index contributed by atoms with van der Waals surface area (Å²) >= 11 is 5.94. The number of β-amino-alcohol motifs (C(OH)–C–C–N with tert-alkyl or cyclic N) is 1. The summed E-state index contributed by atoms with van der Waals surface area (Å²) in [4.78, 5) is 16.2. The van der Waals surface area contributed by atoms with Gasteiger partial charge in [0.1, 0.15) is 5.69 Å². The second kappa shape index (κ2) is 6.54. The number of aliphatic hydroxyl groups excluding tert-OH is 1. The Kier molecular flexibility index (Phi) is 4.62. The van der Waals surface area contributed by atoms with Crippen molar-refractivity contribution in [3.8, 4) is 0 Å². The van der Waals surface area contributed by atoms with E-state index >= 15 is 0 Å². The normalized spacial score (nSPS) is 21.0. The van der Waals surface area contributed by atoms with Gasteiger partial charge in [0.15, 0.2) is 0 Å². The highest BCUT2D eigenvalue weighted by Gasteiger charge is 2.37. The first-order valence-corrected chi connectivity index (χ1v) is 8.01. The molecule has 1 amide bonds. The summed E-state index contributed by atoms with van der Waals surface area (Å²) in [6.45, 7) is 2.85. The third-order valence-corrected chi connectivity index (χ3v) is 4.46. The molecule has 0 saturated carbocycles. The number of halogens is 1. The molecule has 1 aliphatic rings. The monoisotopic (exact) mass is 353 g/mol. The Hall–Kier alpha value is -1.90. The van der Waals surface area contributed by atoms with Crippen LogP contribution in [0.2, 0.25) is 5.02 Å². The zero-order valence-electron chi connectivity index (χ0n) is 13.8. The van der Waals surface area contributed by atoms with E-state index in [1.165, 1.54) is 0 Å². The molecule has 0 spiro atoms. The lowest BCUT2D eigenvalue weighted by atomic mass is 10.2. The minimum Gasteiger partial charge on any atom is -0.424 e. The van der Waals surface area contributed by atoms with E-state index in [-0.39, 0.29) is 18.5 Å². The molecule has 0 bridgehead atoms. The van der Waals surface area contributed by atoms with E-state index in [1.807, 2.05) is 11.9 Å². The van der Waals surface area contributed by atoms with Crippen molar-refractivity contribution in [2.24, 2.45) is 7.05 Å². The molecule has 130 valence electrons. The van der Waals surface area contributed by atoms with Crippen molar-refractivity contribution in [2.75, 3.05) is 20.1 Å². The molecule has 2 aromatic heterocycles. The highest BCUT2D eigenvalue weighted by molar-refractivity contribution is 6.31. The van der Waals surface area contributed by atoms with Gasteiger partial charge < -0.3 is 19.0 Å². The molecule has 2 aromatic rings. The SMILES string of the molecule is Cc1nnc(CN(C)[C@@H]2CN(C(=O)c3cc(Cl)cn3C)C[C@H]2O)o1. The van der Waals surface area contributed by atoms with Crippen molar-refractivity contribution in [3.05, 3.63) is 34.8 Å². The molecule has 24 heavy (non-hydrogen) atoms. The maximum atomic E-state index is 12.6. The Morgan fingerprint density at radius 2 is 2.25 bits per heavy atom. The summed E-state index contributed by atoms with van der Waals surface area (Å²) in [7, 11) is 3.63. The average molecular weight is 354 g/mol. The number of rotatable bonds is 4. The van der Waals surface area contributed by atoms with Crippen molar-refractivity contribution in [1.29, 1.82) is 0 Å². The average Bonchev–Trinajstić information content (AvgIpc) is 3.18. The number of hydrogen-bond donors (Lipinski definition) is 1. The standard InChI is InChI=1S/C15H20ClN5O3/c1-9-17-18-14(24-9)8-20(3)12-6-21(7-13(12)22)15(23)11-4-10(16)5-19(11)2/h4-5,12-13,22H,6-8H2,1-3H3/t12-,13-/m1/s1. The number of likely N-dealkylation sites (N-methyl/N-ethyl adjacent to an activating group) is 1. The summed E-state index contributed by atoms with van der Waals surface area (Å²) in [5.74, 6) is 0.844. The van der Waals surface area contributed by atoms with Gasteiger partial charge in [0.2, 0.25) is 11.8 Å². The molecular formula is C15H20ClN5O3. The molecule has 8 nitrogen and oxygen atoms in total.